The number of para-hydroxylation sites is 1. The van der Waals surface area contributed by atoms with Gasteiger partial charge in [0.05, 0.1) is 39.9 Å². The van der Waals surface area contributed by atoms with Gasteiger partial charge in [0.25, 0.3) is 0 Å². The molecule has 9 heteroatoms. The summed E-state index contributed by atoms with van der Waals surface area (Å²) >= 11 is 8.10. The van der Waals surface area contributed by atoms with Crippen LogP contribution in [0.2, 0.25) is 5.02 Å². The highest BCUT2D eigenvalue weighted by Gasteiger charge is 2.76. The summed E-state index contributed by atoms with van der Waals surface area (Å²) in [6.07, 6.45) is 1.95. The molecule has 3 aliphatic rings. The molecule has 2 aromatic carbocycles. The number of aliphatic hydroxyl groups excluding tert-OH is 1. The Morgan fingerprint density at radius 3 is 2.59 bits per heavy atom. The fraction of sp³-hybridized carbons (Fsp3) is 0.500. The first-order valence-corrected chi connectivity index (χ1v) is 15.0. The maximum atomic E-state index is 14.4. The van der Waals surface area contributed by atoms with Crippen LogP contribution in [-0.4, -0.2) is 63.0 Å². The molecule has 3 heterocycles. The fourth-order valence-electron chi connectivity index (χ4n) is 6.94. The van der Waals surface area contributed by atoms with Crippen LogP contribution in [0.25, 0.3) is 0 Å². The van der Waals surface area contributed by atoms with Crippen molar-refractivity contribution in [2.45, 2.75) is 62.1 Å². The van der Waals surface area contributed by atoms with E-state index in [9.17, 15) is 19.5 Å². The number of thioether (sulfide) groups is 1. The Kier molecular flexibility index (Phi) is 8.00. The molecule has 2 bridgehead atoms. The summed E-state index contributed by atoms with van der Waals surface area (Å²) in [5, 5.41) is 17.0. The predicted molar refractivity (Wildman–Crippen MR) is 155 cm³/mol. The monoisotopic (exact) mass is 569 g/mol. The van der Waals surface area contributed by atoms with Crippen LogP contribution in [0.5, 0.6) is 0 Å². The number of anilines is 1. The van der Waals surface area contributed by atoms with E-state index in [-0.39, 0.29) is 35.5 Å². The van der Waals surface area contributed by atoms with Crippen LogP contribution in [0.15, 0.2) is 48.5 Å². The zero-order valence-electron chi connectivity index (χ0n) is 22.5. The van der Waals surface area contributed by atoms with Gasteiger partial charge in [-0.15, -0.1) is 11.8 Å². The summed E-state index contributed by atoms with van der Waals surface area (Å²) in [5.41, 5.74) is 2.29. The first-order chi connectivity index (χ1) is 18.7. The van der Waals surface area contributed by atoms with E-state index >= 15 is 0 Å². The molecule has 39 heavy (non-hydrogen) atoms. The summed E-state index contributed by atoms with van der Waals surface area (Å²) in [4.78, 5) is 43.7. The van der Waals surface area contributed by atoms with E-state index in [4.69, 9.17) is 11.6 Å². The molecular formula is C30H36ClN3O4S. The number of rotatable bonds is 9. The number of halogens is 1. The van der Waals surface area contributed by atoms with Gasteiger partial charge >= 0.3 is 0 Å². The fourth-order valence-corrected chi connectivity index (χ4v) is 9.61. The molecule has 3 saturated heterocycles. The highest BCUT2D eigenvalue weighted by Crippen LogP contribution is 2.68. The van der Waals surface area contributed by atoms with Gasteiger partial charge in [0.15, 0.2) is 0 Å². The Hall–Kier alpha value is -2.55. The number of amides is 3. The number of aliphatic hydroxyl groups is 1. The van der Waals surface area contributed by atoms with Crippen molar-refractivity contribution < 1.29 is 19.5 Å². The lowest BCUT2D eigenvalue weighted by atomic mass is 9.66. The average molecular weight is 570 g/mol. The number of fused-ring (bicyclic) bond motifs is 1. The number of nitrogens with one attached hydrogen (secondary N) is 2. The number of benzene rings is 2. The highest BCUT2D eigenvalue weighted by molar-refractivity contribution is 8.02. The minimum absolute atomic E-state index is 0.0286. The van der Waals surface area contributed by atoms with E-state index in [1.807, 2.05) is 56.3 Å². The predicted octanol–water partition coefficient (Wildman–Crippen LogP) is 4.05. The quantitative estimate of drug-likeness (QED) is 0.423. The smallest absolute Gasteiger partial charge is 0.248 e. The number of carbonyl (C=O) groups excluding carboxylic acids is 3. The van der Waals surface area contributed by atoms with Gasteiger partial charge in [0.1, 0.15) is 6.04 Å². The van der Waals surface area contributed by atoms with Crippen molar-refractivity contribution in [3.63, 3.8) is 0 Å². The van der Waals surface area contributed by atoms with Crippen LogP contribution in [0, 0.1) is 24.7 Å². The Labute approximate surface area is 239 Å². The van der Waals surface area contributed by atoms with Crippen molar-refractivity contribution in [3.8, 4) is 0 Å². The standard InChI is InChI=1S/C30H36ClN3O4S/c1-4-13-32-27(36)23-22-14-18(3)30(39-22)24(23)29(38)34(20(16-35)15-19-10-6-5-7-11-19)26(30)28(37)33-25-17(2)9-8-12-21(25)31/h5-12,18,20,22-24,26,35H,4,13-16H2,1-3H3,(H,32,36)(H,33,37)/t18?,20-,22+,23-,24+,26?,30?/m1/s1. The van der Waals surface area contributed by atoms with Gasteiger partial charge in [-0.05, 0) is 49.3 Å². The van der Waals surface area contributed by atoms with E-state index in [0.717, 1.165) is 24.0 Å². The molecule has 3 aliphatic heterocycles. The van der Waals surface area contributed by atoms with E-state index in [2.05, 4.69) is 17.6 Å². The Morgan fingerprint density at radius 1 is 1.18 bits per heavy atom. The lowest BCUT2D eigenvalue weighted by molar-refractivity contribution is -0.142. The molecule has 3 unspecified atom stereocenters. The number of hydrogen-bond acceptors (Lipinski definition) is 5. The lowest BCUT2D eigenvalue weighted by Crippen LogP contribution is -2.57. The number of carbonyl (C=O) groups is 3. The zero-order chi connectivity index (χ0) is 27.9. The first kappa shape index (κ1) is 28.0. The molecule has 3 fully saturated rings. The SMILES string of the molecule is CCCNC(=O)[C@@H]1[C@@H]2CC(C)C3(S2)C(C(=O)Nc2c(C)cccc2Cl)N([C@@H](CO)Cc2ccccc2)C(=O)[C@H]13. The molecule has 0 aromatic heterocycles. The summed E-state index contributed by atoms with van der Waals surface area (Å²) in [6, 6.07) is 13.6. The minimum Gasteiger partial charge on any atom is -0.394 e. The molecule has 3 N–H and O–H groups in total. The third-order valence-electron chi connectivity index (χ3n) is 8.67. The van der Waals surface area contributed by atoms with Crippen LogP contribution < -0.4 is 10.6 Å². The second-order valence-electron chi connectivity index (χ2n) is 11.0. The Bertz CT molecular complexity index is 1240. The molecular weight excluding hydrogens is 534 g/mol. The van der Waals surface area contributed by atoms with Crippen molar-refractivity contribution in [3.05, 3.63) is 64.7 Å². The van der Waals surface area contributed by atoms with Crippen LogP contribution in [0.4, 0.5) is 5.69 Å². The van der Waals surface area contributed by atoms with E-state index in [1.165, 1.54) is 0 Å². The third kappa shape index (κ3) is 4.64. The molecule has 0 aliphatic carbocycles. The topological polar surface area (TPSA) is 98.7 Å². The van der Waals surface area contributed by atoms with Crippen molar-refractivity contribution in [1.82, 2.24) is 10.2 Å². The van der Waals surface area contributed by atoms with Gasteiger partial charge in [-0.3, -0.25) is 14.4 Å². The van der Waals surface area contributed by atoms with Crippen LogP contribution in [0.1, 0.15) is 37.8 Å². The van der Waals surface area contributed by atoms with Crippen molar-refractivity contribution in [2.75, 3.05) is 18.5 Å². The largest absolute Gasteiger partial charge is 0.394 e. The second kappa shape index (κ2) is 11.1. The third-order valence-corrected chi connectivity index (χ3v) is 11.1. The molecule has 0 radical (unpaired) electrons. The van der Waals surface area contributed by atoms with Gasteiger partial charge < -0.3 is 20.6 Å². The van der Waals surface area contributed by atoms with Gasteiger partial charge in [0, 0.05) is 11.8 Å². The van der Waals surface area contributed by atoms with Crippen LogP contribution in [0.3, 0.4) is 0 Å². The van der Waals surface area contributed by atoms with E-state index in [1.54, 1.807) is 22.7 Å². The van der Waals surface area contributed by atoms with Gasteiger partial charge in [0.2, 0.25) is 17.7 Å². The zero-order valence-corrected chi connectivity index (χ0v) is 24.1. The molecule has 2 aromatic rings. The normalized spacial score (nSPS) is 29.8. The molecule has 7 nitrogen and oxygen atoms in total. The molecule has 1 spiro atoms. The lowest BCUT2D eigenvalue weighted by Gasteiger charge is -2.40. The molecule has 3 amide bonds. The Balaban J connectivity index is 1.58. The van der Waals surface area contributed by atoms with Gasteiger partial charge in [-0.25, -0.2) is 0 Å². The van der Waals surface area contributed by atoms with Crippen molar-refractivity contribution in [2.24, 2.45) is 17.8 Å². The van der Waals surface area contributed by atoms with Crippen LogP contribution in [-0.2, 0) is 20.8 Å². The van der Waals surface area contributed by atoms with Crippen LogP contribution >= 0.6 is 23.4 Å². The molecule has 0 saturated carbocycles. The highest BCUT2D eigenvalue weighted by atomic mass is 35.5. The summed E-state index contributed by atoms with van der Waals surface area (Å²) in [5.74, 6) is -1.79. The average Bonchev–Trinajstić information content (AvgIpc) is 3.52. The van der Waals surface area contributed by atoms with Crippen molar-refractivity contribution >= 4 is 46.8 Å². The number of nitrogens with zero attached hydrogens (tertiary/aromatic N) is 1. The molecule has 7 atom stereocenters. The van der Waals surface area contributed by atoms with E-state index < -0.39 is 28.7 Å². The number of likely N-dealkylation sites (tertiary alicyclic amines) is 1. The molecule has 208 valence electrons. The first-order valence-electron chi connectivity index (χ1n) is 13.7. The maximum Gasteiger partial charge on any atom is 0.248 e. The second-order valence-corrected chi connectivity index (χ2v) is 13.0. The van der Waals surface area contributed by atoms with Gasteiger partial charge in [-0.2, -0.15) is 0 Å². The van der Waals surface area contributed by atoms with E-state index in [0.29, 0.717) is 23.7 Å². The van der Waals surface area contributed by atoms with Crippen molar-refractivity contribution in [1.29, 1.82) is 0 Å². The summed E-state index contributed by atoms with van der Waals surface area (Å²) in [6.45, 7) is 6.20. The summed E-state index contributed by atoms with van der Waals surface area (Å²) < 4.78 is -0.778. The number of hydrogen-bond donors (Lipinski definition) is 3. The maximum absolute atomic E-state index is 14.4. The minimum atomic E-state index is -0.861. The Morgan fingerprint density at radius 2 is 1.92 bits per heavy atom. The molecule has 5 rings (SSSR count). The number of aryl methyl sites for hydroxylation is 1. The van der Waals surface area contributed by atoms with Gasteiger partial charge in [-0.1, -0.05) is 67.9 Å². The summed E-state index contributed by atoms with van der Waals surface area (Å²) in [7, 11) is 0.